The number of ether oxygens (including phenoxy) is 1. The zero-order valence-electron chi connectivity index (χ0n) is 13.8. The predicted molar refractivity (Wildman–Crippen MR) is 97.6 cm³/mol. The number of hydrogen-bond acceptors (Lipinski definition) is 4. The Morgan fingerprint density at radius 3 is 2.54 bits per heavy atom. The molecular weight excluding hydrogens is 320 g/mol. The number of para-hydroxylation sites is 3. The molecule has 0 aliphatic rings. The fourth-order valence-corrected chi connectivity index (χ4v) is 3.62. The molecule has 0 N–H and O–H groups in total. The Balaban J connectivity index is 2.05. The highest BCUT2D eigenvalue weighted by molar-refractivity contribution is 8.00. The maximum Gasteiger partial charge on any atom is 0.319 e. The molecule has 2 aromatic carbocycles. The summed E-state index contributed by atoms with van der Waals surface area (Å²) in [6.07, 6.45) is 0.696. The summed E-state index contributed by atoms with van der Waals surface area (Å²) in [4.78, 5) is 16.9. The van der Waals surface area contributed by atoms with Crippen LogP contribution >= 0.6 is 11.8 Å². The molecule has 0 aliphatic heterocycles. The van der Waals surface area contributed by atoms with E-state index in [1.165, 1.54) is 11.8 Å². The van der Waals surface area contributed by atoms with E-state index in [0.717, 1.165) is 21.9 Å². The summed E-state index contributed by atoms with van der Waals surface area (Å²) in [5.41, 5.74) is 2.99. The second-order valence-corrected chi connectivity index (χ2v) is 6.49. The third kappa shape index (κ3) is 3.31. The standard InChI is InChI=1S/C19H20N2O2S/c1-3-17(18(22)23-4-2)24-19-20-15-12-8-9-13-16(15)21(19)14-10-6-5-7-11-14/h5-13,17H,3-4H2,1-2H3. The van der Waals surface area contributed by atoms with Crippen molar-refractivity contribution in [2.45, 2.75) is 30.7 Å². The van der Waals surface area contributed by atoms with Crippen molar-refractivity contribution in [3.63, 3.8) is 0 Å². The van der Waals surface area contributed by atoms with Crippen LogP contribution in [0.25, 0.3) is 16.7 Å². The lowest BCUT2D eigenvalue weighted by atomic mass is 10.3. The van der Waals surface area contributed by atoms with Crippen molar-refractivity contribution in [2.24, 2.45) is 0 Å². The van der Waals surface area contributed by atoms with Crippen LogP contribution in [0.4, 0.5) is 0 Å². The van der Waals surface area contributed by atoms with E-state index in [2.05, 4.69) is 4.57 Å². The average Bonchev–Trinajstić information content (AvgIpc) is 2.98. The minimum atomic E-state index is -0.260. The maximum atomic E-state index is 12.2. The lowest BCUT2D eigenvalue weighted by Gasteiger charge is -2.14. The van der Waals surface area contributed by atoms with Crippen molar-refractivity contribution in [1.82, 2.24) is 9.55 Å². The zero-order valence-corrected chi connectivity index (χ0v) is 14.6. The minimum absolute atomic E-state index is 0.184. The Morgan fingerprint density at radius 2 is 1.83 bits per heavy atom. The highest BCUT2D eigenvalue weighted by Crippen LogP contribution is 2.31. The predicted octanol–water partition coefficient (Wildman–Crippen LogP) is 4.46. The average molecular weight is 340 g/mol. The molecule has 24 heavy (non-hydrogen) atoms. The van der Waals surface area contributed by atoms with Crippen LogP contribution in [0.5, 0.6) is 0 Å². The second kappa shape index (κ2) is 7.53. The molecular formula is C19H20N2O2S. The first-order chi connectivity index (χ1) is 11.7. The number of carbonyl (C=O) groups excluding carboxylic acids is 1. The number of carbonyl (C=O) groups is 1. The zero-order chi connectivity index (χ0) is 16.9. The van der Waals surface area contributed by atoms with Crippen molar-refractivity contribution >= 4 is 28.8 Å². The SMILES string of the molecule is CCOC(=O)C(CC)Sc1nc2ccccc2n1-c1ccccc1. The summed E-state index contributed by atoms with van der Waals surface area (Å²) in [5, 5.41) is 0.548. The van der Waals surface area contributed by atoms with E-state index in [1.807, 2.05) is 68.4 Å². The Labute approximate surface area is 145 Å². The number of imidazole rings is 1. The highest BCUT2D eigenvalue weighted by atomic mass is 32.2. The van der Waals surface area contributed by atoms with E-state index in [4.69, 9.17) is 9.72 Å². The maximum absolute atomic E-state index is 12.2. The minimum Gasteiger partial charge on any atom is -0.465 e. The third-order valence-electron chi connectivity index (χ3n) is 3.71. The molecule has 1 heterocycles. The van der Waals surface area contributed by atoms with Crippen molar-refractivity contribution in [2.75, 3.05) is 6.61 Å². The first-order valence-electron chi connectivity index (χ1n) is 8.10. The molecule has 3 rings (SSSR count). The molecule has 1 aromatic heterocycles. The Morgan fingerprint density at radius 1 is 1.12 bits per heavy atom. The van der Waals surface area contributed by atoms with Gasteiger partial charge in [-0.1, -0.05) is 49.0 Å². The lowest BCUT2D eigenvalue weighted by Crippen LogP contribution is -2.20. The summed E-state index contributed by atoms with van der Waals surface area (Å²) in [6.45, 7) is 4.21. The lowest BCUT2D eigenvalue weighted by molar-refractivity contribution is -0.142. The van der Waals surface area contributed by atoms with Crippen LogP contribution in [0.15, 0.2) is 59.8 Å². The van der Waals surface area contributed by atoms with E-state index in [-0.39, 0.29) is 11.2 Å². The van der Waals surface area contributed by atoms with Gasteiger partial charge in [-0.25, -0.2) is 4.98 Å². The van der Waals surface area contributed by atoms with E-state index in [9.17, 15) is 4.79 Å². The molecule has 0 saturated carbocycles. The van der Waals surface area contributed by atoms with Gasteiger partial charge < -0.3 is 4.74 Å². The topological polar surface area (TPSA) is 44.1 Å². The van der Waals surface area contributed by atoms with Gasteiger partial charge in [0.05, 0.1) is 17.6 Å². The Hall–Kier alpha value is -2.27. The van der Waals surface area contributed by atoms with Crippen molar-refractivity contribution < 1.29 is 9.53 Å². The Kier molecular flexibility index (Phi) is 5.20. The van der Waals surface area contributed by atoms with Gasteiger partial charge in [0.15, 0.2) is 5.16 Å². The molecule has 0 spiro atoms. The highest BCUT2D eigenvalue weighted by Gasteiger charge is 2.23. The van der Waals surface area contributed by atoms with E-state index in [0.29, 0.717) is 13.0 Å². The van der Waals surface area contributed by atoms with Crippen molar-refractivity contribution in [1.29, 1.82) is 0 Å². The van der Waals surface area contributed by atoms with Gasteiger partial charge in [0.25, 0.3) is 0 Å². The van der Waals surface area contributed by atoms with Crippen LogP contribution < -0.4 is 0 Å². The molecule has 0 radical (unpaired) electrons. The van der Waals surface area contributed by atoms with E-state index < -0.39 is 0 Å². The monoisotopic (exact) mass is 340 g/mol. The van der Waals surface area contributed by atoms with E-state index >= 15 is 0 Å². The molecule has 4 nitrogen and oxygen atoms in total. The molecule has 0 bridgehead atoms. The van der Waals surface area contributed by atoms with Crippen LogP contribution in [0.3, 0.4) is 0 Å². The molecule has 1 atom stereocenters. The van der Waals surface area contributed by atoms with Gasteiger partial charge in [-0.2, -0.15) is 0 Å². The summed E-state index contributed by atoms with van der Waals surface area (Å²) in [5.74, 6) is -0.184. The molecule has 0 fully saturated rings. The number of nitrogens with zero attached hydrogens (tertiary/aromatic N) is 2. The van der Waals surface area contributed by atoms with Gasteiger partial charge in [-0.15, -0.1) is 0 Å². The van der Waals surface area contributed by atoms with Gasteiger partial charge in [0.1, 0.15) is 5.25 Å². The molecule has 0 saturated heterocycles. The van der Waals surface area contributed by atoms with Crippen LogP contribution in [0, 0.1) is 0 Å². The molecule has 0 amide bonds. The number of esters is 1. The Bertz CT molecular complexity index is 830. The smallest absolute Gasteiger partial charge is 0.319 e. The van der Waals surface area contributed by atoms with Gasteiger partial charge >= 0.3 is 5.97 Å². The van der Waals surface area contributed by atoms with Crippen molar-refractivity contribution in [3.8, 4) is 5.69 Å². The molecule has 0 aliphatic carbocycles. The quantitative estimate of drug-likeness (QED) is 0.491. The number of fused-ring (bicyclic) bond motifs is 1. The van der Waals surface area contributed by atoms with Crippen LogP contribution in [-0.2, 0) is 9.53 Å². The number of rotatable bonds is 6. The first-order valence-corrected chi connectivity index (χ1v) is 8.98. The largest absolute Gasteiger partial charge is 0.465 e. The third-order valence-corrected chi connectivity index (χ3v) is 5.01. The normalized spacial score (nSPS) is 12.2. The van der Waals surface area contributed by atoms with Gasteiger partial charge in [-0.3, -0.25) is 9.36 Å². The second-order valence-electron chi connectivity index (χ2n) is 5.32. The summed E-state index contributed by atoms with van der Waals surface area (Å²) in [7, 11) is 0. The van der Waals surface area contributed by atoms with Crippen LogP contribution in [0.1, 0.15) is 20.3 Å². The number of hydrogen-bond donors (Lipinski definition) is 0. The van der Waals surface area contributed by atoms with Gasteiger partial charge in [0, 0.05) is 5.69 Å². The fraction of sp³-hybridized carbons (Fsp3) is 0.263. The van der Waals surface area contributed by atoms with Gasteiger partial charge in [-0.05, 0) is 37.6 Å². The van der Waals surface area contributed by atoms with Crippen LogP contribution in [-0.4, -0.2) is 27.4 Å². The number of aromatic nitrogens is 2. The molecule has 5 heteroatoms. The van der Waals surface area contributed by atoms with E-state index in [1.54, 1.807) is 0 Å². The molecule has 1 unspecified atom stereocenters. The fourth-order valence-electron chi connectivity index (χ4n) is 2.57. The summed E-state index contributed by atoms with van der Waals surface area (Å²) in [6, 6.07) is 18.1. The molecule has 3 aromatic rings. The first kappa shape index (κ1) is 16.6. The van der Waals surface area contributed by atoms with Crippen LogP contribution in [0.2, 0.25) is 0 Å². The summed E-state index contributed by atoms with van der Waals surface area (Å²) >= 11 is 1.46. The van der Waals surface area contributed by atoms with Gasteiger partial charge in [0.2, 0.25) is 0 Å². The summed E-state index contributed by atoms with van der Waals surface area (Å²) < 4.78 is 7.29. The number of thioether (sulfide) groups is 1. The van der Waals surface area contributed by atoms with Crippen molar-refractivity contribution in [3.05, 3.63) is 54.6 Å². The molecule has 124 valence electrons. The number of benzene rings is 2.